The van der Waals surface area contributed by atoms with Crippen LogP contribution < -0.4 is 11.1 Å². The third-order valence-electron chi connectivity index (χ3n) is 2.78. The number of anilines is 1. The van der Waals surface area contributed by atoms with Gasteiger partial charge in [0.05, 0.1) is 0 Å². The van der Waals surface area contributed by atoms with Gasteiger partial charge in [0.2, 0.25) is 5.91 Å². The van der Waals surface area contributed by atoms with Crippen LogP contribution in [0, 0.1) is 6.92 Å². The molecule has 0 atom stereocenters. The molecule has 1 aromatic rings. The number of hydrogen-bond acceptors (Lipinski definition) is 3. The molecule has 0 spiro atoms. The second-order valence-electron chi connectivity index (χ2n) is 5.94. The molecule has 0 aliphatic rings. The van der Waals surface area contributed by atoms with Gasteiger partial charge in [-0.1, -0.05) is 6.07 Å². The molecule has 5 nitrogen and oxygen atoms in total. The summed E-state index contributed by atoms with van der Waals surface area (Å²) < 4.78 is 0. The first-order valence-electron chi connectivity index (χ1n) is 6.51. The highest BCUT2D eigenvalue weighted by Gasteiger charge is 2.17. The maximum Gasteiger partial charge on any atom is 0.253 e. The molecule has 3 N–H and O–H groups in total. The van der Waals surface area contributed by atoms with Crippen LogP contribution in [0.25, 0.3) is 0 Å². The number of benzene rings is 1. The van der Waals surface area contributed by atoms with E-state index in [2.05, 4.69) is 5.32 Å². The van der Waals surface area contributed by atoms with Crippen molar-refractivity contribution in [1.29, 1.82) is 0 Å². The number of carbonyl (C=O) groups excluding carboxylic acids is 2. The highest BCUT2D eigenvalue weighted by Crippen LogP contribution is 2.19. The standard InChI is InChI=1S/C15H23N3O2/c1-10-6-7-11(14(20)18(4)5)8-12(10)17-13(19)9-15(2,3)16/h6-8H,9,16H2,1-5H3,(H,17,19). The maximum atomic E-state index is 11.9. The summed E-state index contributed by atoms with van der Waals surface area (Å²) in [6, 6.07) is 5.26. The third kappa shape index (κ3) is 4.66. The van der Waals surface area contributed by atoms with Crippen molar-refractivity contribution >= 4 is 17.5 Å². The van der Waals surface area contributed by atoms with Crippen LogP contribution >= 0.6 is 0 Å². The Kier molecular flexibility index (Phi) is 4.89. The Morgan fingerprint density at radius 3 is 2.40 bits per heavy atom. The second-order valence-corrected chi connectivity index (χ2v) is 5.94. The predicted molar refractivity (Wildman–Crippen MR) is 80.7 cm³/mol. The Morgan fingerprint density at radius 2 is 1.90 bits per heavy atom. The molecule has 0 bridgehead atoms. The molecule has 0 saturated heterocycles. The molecule has 20 heavy (non-hydrogen) atoms. The molecule has 110 valence electrons. The zero-order valence-electron chi connectivity index (χ0n) is 12.8. The van der Waals surface area contributed by atoms with Gasteiger partial charge < -0.3 is 16.0 Å². The number of rotatable bonds is 4. The summed E-state index contributed by atoms with van der Waals surface area (Å²) in [5, 5.41) is 2.81. The minimum absolute atomic E-state index is 0.0975. The van der Waals surface area contributed by atoms with Gasteiger partial charge in [0.1, 0.15) is 0 Å². The summed E-state index contributed by atoms with van der Waals surface area (Å²) >= 11 is 0. The van der Waals surface area contributed by atoms with Crippen molar-refractivity contribution in [2.24, 2.45) is 5.73 Å². The van der Waals surface area contributed by atoms with Crippen molar-refractivity contribution in [2.75, 3.05) is 19.4 Å². The number of nitrogens with one attached hydrogen (secondary N) is 1. The fourth-order valence-corrected chi connectivity index (χ4v) is 1.76. The van der Waals surface area contributed by atoms with E-state index in [4.69, 9.17) is 5.73 Å². The minimum atomic E-state index is -0.560. The average Bonchev–Trinajstić information content (AvgIpc) is 2.28. The van der Waals surface area contributed by atoms with Crippen LogP contribution in [0.15, 0.2) is 18.2 Å². The van der Waals surface area contributed by atoms with Gasteiger partial charge in [-0.15, -0.1) is 0 Å². The number of nitrogens with two attached hydrogens (primary N) is 1. The maximum absolute atomic E-state index is 11.9. The lowest BCUT2D eigenvalue weighted by Gasteiger charge is -2.18. The quantitative estimate of drug-likeness (QED) is 0.880. The highest BCUT2D eigenvalue weighted by atomic mass is 16.2. The average molecular weight is 277 g/mol. The van der Waals surface area contributed by atoms with Gasteiger partial charge in [0.15, 0.2) is 0 Å². The monoisotopic (exact) mass is 277 g/mol. The van der Waals surface area contributed by atoms with E-state index in [1.54, 1.807) is 40.1 Å². The fourth-order valence-electron chi connectivity index (χ4n) is 1.76. The fraction of sp³-hybridized carbons (Fsp3) is 0.467. The molecule has 0 heterocycles. The van der Waals surface area contributed by atoms with Crippen LogP contribution in [0.1, 0.15) is 36.2 Å². The predicted octanol–water partition coefficient (Wildman–Crippen LogP) is 1.76. The molecule has 0 aliphatic heterocycles. The normalized spacial score (nSPS) is 11.1. The first-order chi connectivity index (χ1) is 9.10. The number of aryl methyl sites for hydroxylation is 1. The zero-order valence-corrected chi connectivity index (χ0v) is 12.8. The molecular formula is C15H23N3O2. The summed E-state index contributed by atoms with van der Waals surface area (Å²) in [4.78, 5) is 25.3. The molecule has 1 rings (SSSR count). The lowest BCUT2D eigenvalue weighted by molar-refractivity contribution is -0.117. The molecule has 0 aliphatic carbocycles. The minimum Gasteiger partial charge on any atom is -0.345 e. The van der Waals surface area contributed by atoms with Gasteiger partial charge >= 0.3 is 0 Å². The van der Waals surface area contributed by atoms with Crippen LogP contribution in [-0.2, 0) is 4.79 Å². The molecular weight excluding hydrogens is 254 g/mol. The smallest absolute Gasteiger partial charge is 0.253 e. The first kappa shape index (κ1) is 16.2. The molecule has 0 radical (unpaired) electrons. The van der Waals surface area contributed by atoms with Crippen LogP contribution in [-0.4, -0.2) is 36.3 Å². The molecule has 5 heteroatoms. The van der Waals surface area contributed by atoms with Crippen LogP contribution in [0.3, 0.4) is 0 Å². The highest BCUT2D eigenvalue weighted by molar-refractivity contribution is 5.97. The van der Waals surface area contributed by atoms with Gasteiger partial charge in [0.25, 0.3) is 5.91 Å². The van der Waals surface area contributed by atoms with E-state index in [1.165, 1.54) is 4.90 Å². The van der Waals surface area contributed by atoms with Crippen molar-refractivity contribution in [1.82, 2.24) is 4.90 Å². The lowest BCUT2D eigenvalue weighted by atomic mass is 10.0. The summed E-state index contributed by atoms with van der Waals surface area (Å²) in [6.45, 7) is 5.48. The van der Waals surface area contributed by atoms with Gasteiger partial charge in [-0.2, -0.15) is 0 Å². The van der Waals surface area contributed by atoms with E-state index in [-0.39, 0.29) is 18.2 Å². The van der Waals surface area contributed by atoms with E-state index < -0.39 is 5.54 Å². The van der Waals surface area contributed by atoms with Crippen molar-refractivity contribution in [3.05, 3.63) is 29.3 Å². The Bertz CT molecular complexity index is 516. The molecule has 2 amide bonds. The Morgan fingerprint density at radius 1 is 1.30 bits per heavy atom. The topological polar surface area (TPSA) is 75.4 Å². The van der Waals surface area contributed by atoms with Gasteiger partial charge in [-0.25, -0.2) is 0 Å². The van der Waals surface area contributed by atoms with Crippen LogP contribution in [0.2, 0.25) is 0 Å². The van der Waals surface area contributed by atoms with E-state index in [1.807, 2.05) is 13.0 Å². The van der Waals surface area contributed by atoms with Crippen molar-refractivity contribution < 1.29 is 9.59 Å². The number of nitrogens with zero attached hydrogens (tertiary/aromatic N) is 1. The largest absolute Gasteiger partial charge is 0.345 e. The van der Waals surface area contributed by atoms with Crippen molar-refractivity contribution in [2.45, 2.75) is 32.7 Å². The Hall–Kier alpha value is -1.88. The number of hydrogen-bond donors (Lipinski definition) is 2. The molecule has 1 aromatic carbocycles. The van der Waals surface area contributed by atoms with Crippen molar-refractivity contribution in [3.63, 3.8) is 0 Å². The SMILES string of the molecule is Cc1ccc(C(=O)N(C)C)cc1NC(=O)CC(C)(C)N. The molecule has 0 aromatic heterocycles. The Balaban J connectivity index is 2.93. The molecule has 0 fully saturated rings. The second kappa shape index (κ2) is 6.05. The Labute approximate surface area is 120 Å². The van der Waals surface area contributed by atoms with E-state index in [0.29, 0.717) is 11.3 Å². The molecule has 0 saturated carbocycles. The number of carbonyl (C=O) groups is 2. The summed E-state index contributed by atoms with van der Waals surface area (Å²) in [6.07, 6.45) is 0.221. The van der Waals surface area contributed by atoms with E-state index >= 15 is 0 Å². The van der Waals surface area contributed by atoms with Gasteiger partial charge in [-0.05, 0) is 38.5 Å². The molecule has 0 unspecified atom stereocenters. The van der Waals surface area contributed by atoms with Crippen LogP contribution in [0.5, 0.6) is 0 Å². The van der Waals surface area contributed by atoms with E-state index in [9.17, 15) is 9.59 Å². The van der Waals surface area contributed by atoms with Gasteiger partial charge in [-0.3, -0.25) is 9.59 Å². The van der Waals surface area contributed by atoms with Crippen LogP contribution in [0.4, 0.5) is 5.69 Å². The first-order valence-corrected chi connectivity index (χ1v) is 6.51. The summed E-state index contributed by atoms with van der Waals surface area (Å²) in [5.74, 6) is -0.255. The lowest BCUT2D eigenvalue weighted by Crippen LogP contribution is -2.36. The van der Waals surface area contributed by atoms with Crippen molar-refractivity contribution in [3.8, 4) is 0 Å². The number of amides is 2. The zero-order chi connectivity index (χ0) is 15.5. The third-order valence-corrected chi connectivity index (χ3v) is 2.78. The van der Waals surface area contributed by atoms with E-state index in [0.717, 1.165) is 5.56 Å². The van der Waals surface area contributed by atoms with Gasteiger partial charge in [0, 0.05) is 37.3 Å². The summed E-state index contributed by atoms with van der Waals surface area (Å²) in [5.41, 5.74) is 7.36. The summed E-state index contributed by atoms with van der Waals surface area (Å²) in [7, 11) is 3.38.